The standard InChI is InChI=1S/C18H20F3N3O/c1-12(2)7-8-23-16-9-13(10-22-11-16)17(25)24-15-5-3-14(4-6-15)18(19,20)21/h3-6,9-12,23H,7-8H2,1-2H3,(H,24,25). The summed E-state index contributed by atoms with van der Waals surface area (Å²) >= 11 is 0. The van der Waals surface area contributed by atoms with Gasteiger partial charge in [-0.1, -0.05) is 13.8 Å². The second kappa shape index (κ2) is 8.00. The highest BCUT2D eigenvalue weighted by Gasteiger charge is 2.30. The number of carbonyl (C=O) groups is 1. The van der Waals surface area contributed by atoms with Crippen molar-refractivity contribution in [3.05, 3.63) is 53.9 Å². The quantitative estimate of drug-likeness (QED) is 0.785. The monoisotopic (exact) mass is 351 g/mol. The third-order valence-corrected chi connectivity index (χ3v) is 3.52. The van der Waals surface area contributed by atoms with Crippen LogP contribution in [0.15, 0.2) is 42.7 Å². The molecule has 0 saturated heterocycles. The molecule has 7 heteroatoms. The fourth-order valence-electron chi connectivity index (χ4n) is 2.11. The van der Waals surface area contributed by atoms with Crippen molar-refractivity contribution in [2.75, 3.05) is 17.2 Å². The molecule has 2 N–H and O–H groups in total. The summed E-state index contributed by atoms with van der Waals surface area (Å²) in [4.78, 5) is 16.2. The zero-order chi connectivity index (χ0) is 18.4. The molecule has 0 radical (unpaired) electrons. The molecule has 0 saturated carbocycles. The molecule has 0 aliphatic heterocycles. The lowest BCUT2D eigenvalue weighted by molar-refractivity contribution is -0.137. The first-order valence-electron chi connectivity index (χ1n) is 7.93. The van der Waals surface area contributed by atoms with Gasteiger partial charge in [0.15, 0.2) is 0 Å². The van der Waals surface area contributed by atoms with Gasteiger partial charge in [0.1, 0.15) is 0 Å². The lowest BCUT2D eigenvalue weighted by atomic mass is 10.1. The number of nitrogens with zero attached hydrogens (tertiary/aromatic N) is 1. The number of nitrogens with one attached hydrogen (secondary N) is 2. The molecule has 1 amide bonds. The minimum Gasteiger partial charge on any atom is -0.384 e. The Kier molecular flexibility index (Phi) is 6.01. The summed E-state index contributed by atoms with van der Waals surface area (Å²) in [6.45, 7) is 5.00. The predicted octanol–water partition coefficient (Wildman–Crippen LogP) is 4.81. The van der Waals surface area contributed by atoms with E-state index in [-0.39, 0.29) is 5.69 Å². The van der Waals surface area contributed by atoms with E-state index >= 15 is 0 Å². The van der Waals surface area contributed by atoms with Crippen molar-refractivity contribution < 1.29 is 18.0 Å². The van der Waals surface area contributed by atoms with Crippen LogP contribution in [-0.4, -0.2) is 17.4 Å². The van der Waals surface area contributed by atoms with E-state index in [1.54, 1.807) is 12.3 Å². The Labute approximate surface area is 144 Å². The Morgan fingerprint density at radius 2 is 1.80 bits per heavy atom. The predicted molar refractivity (Wildman–Crippen MR) is 91.6 cm³/mol. The van der Waals surface area contributed by atoms with Gasteiger partial charge < -0.3 is 10.6 Å². The number of alkyl halides is 3. The number of benzene rings is 1. The fourth-order valence-corrected chi connectivity index (χ4v) is 2.11. The van der Waals surface area contributed by atoms with E-state index in [4.69, 9.17) is 0 Å². The first-order valence-corrected chi connectivity index (χ1v) is 7.93. The van der Waals surface area contributed by atoms with Gasteiger partial charge in [-0.25, -0.2) is 0 Å². The smallest absolute Gasteiger partial charge is 0.384 e. The number of pyridine rings is 1. The molecule has 2 aromatic rings. The topological polar surface area (TPSA) is 54.0 Å². The Morgan fingerprint density at radius 1 is 1.12 bits per heavy atom. The van der Waals surface area contributed by atoms with Gasteiger partial charge in [-0.2, -0.15) is 13.2 Å². The summed E-state index contributed by atoms with van der Waals surface area (Å²) in [6.07, 6.45) is -0.382. The van der Waals surface area contributed by atoms with Crippen molar-refractivity contribution in [2.45, 2.75) is 26.4 Å². The lowest BCUT2D eigenvalue weighted by Crippen LogP contribution is -2.13. The number of hydrogen-bond donors (Lipinski definition) is 2. The van der Waals surface area contributed by atoms with E-state index in [2.05, 4.69) is 29.5 Å². The van der Waals surface area contributed by atoms with Crippen molar-refractivity contribution >= 4 is 17.3 Å². The second-order valence-corrected chi connectivity index (χ2v) is 6.10. The average molecular weight is 351 g/mol. The van der Waals surface area contributed by atoms with Crippen LogP contribution in [0.5, 0.6) is 0 Å². The number of carbonyl (C=O) groups excluding carboxylic acids is 1. The highest BCUT2D eigenvalue weighted by atomic mass is 19.4. The Bertz CT molecular complexity index is 712. The van der Waals surface area contributed by atoms with Gasteiger partial charge in [0.25, 0.3) is 5.91 Å². The molecular weight excluding hydrogens is 331 g/mol. The van der Waals surface area contributed by atoms with Crippen LogP contribution in [0.25, 0.3) is 0 Å². The Hall–Kier alpha value is -2.57. The molecule has 0 spiro atoms. The minimum atomic E-state index is -4.40. The number of anilines is 2. The minimum absolute atomic E-state index is 0.288. The first kappa shape index (κ1) is 18.8. The molecule has 0 aliphatic rings. The summed E-state index contributed by atoms with van der Waals surface area (Å²) < 4.78 is 37.6. The summed E-state index contributed by atoms with van der Waals surface area (Å²) in [6, 6.07) is 5.96. The third-order valence-electron chi connectivity index (χ3n) is 3.52. The van der Waals surface area contributed by atoms with Gasteiger partial charge in [0.2, 0.25) is 0 Å². The lowest BCUT2D eigenvalue weighted by Gasteiger charge is -2.10. The van der Waals surface area contributed by atoms with Crippen LogP contribution in [0.2, 0.25) is 0 Å². The molecule has 4 nitrogen and oxygen atoms in total. The molecule has 1 aromatic heterocycles. The van der Waals surface area contributed by atoms with Crippen molar-refractivity contribution in [3.63, 3.8) is 0 Å². The van der Waals surface area contributed by atoms with E-state index in [1.165, 1.54) is 18.3 Å². The maximum absolute atomic E-state index is 12.5. The van der Waals surface area contributed by atoms with Gasteiger partial charge in [-0.3, -0.25) is 9.78 Å². The molecule has 1 aromatic carbocycles. The first-order chi connectivity index (χ1) is 11.8. The third kappa shape index (κ3) is 5.77. The van der Waals surface area contributed by atoms with Crippen LogP contribution in [0.4, 0.5) is 24.5 Å². The van der Waals surface area contributed by atoms with Gasteiger partial charge in [0.05, 0.1) is 16.8 Å². The van der Waals surface area contributed by atoms with Crippen LogP contribution in [-0.2, 0) is 6.18 Å². The van der Waals surface area contributed by atoms with Crippen LogP contribution < -0.4 is 10.6 Å². The zero-order valence-corrected chi connectivity index (χ0v) is 14.0. The van der Waals surface area contributed by atoms with E-state index < -0.39 is 17.6 Å². The van der Waals surface area contributed by atoms with E-state index in [1.807, 2.05) is 0 Å². The van der Waals surface area contributed by atoms with Crippen LogP contribution in [0.1, 0.15) is 36.2 Å². The van der Waals surface area contributed by atoms with Crippen molar-refractivity contribution in [2.24, 2.45) is 5.92 Å². The number of amides is 1. The second-order valence-electron chi connectivity index (χ2n) is 6.10. The zero-order valence-electron chi connectivity index (χ0n) is 14.0. The number of hydrogen-bond acceptors (Lipinski definition) is 3. The highest BCUT2D eigenvalue weighted by Crippen LogP contribution is 2.29. The molecule has 0 fully saturated rings. The van der Waals surface area contributed by atoms with E-state index in [9.17, 15) is 18.0 Å². The van der Waals surface area contributed by atoms with Crippen molar-refractivity contribution in [3.8, 4) is 0 Å². The summed E-state index contributed by atoms with van der Waals surface area (Å²) in [5.41, 5.74) is 0.579. The molecule has 25 heavy (non-hydrogen) atoms. The number of halogens is 3. The molecule has 0 aliphatic carbocycles. The Balaban J connectivity index is 2.00. The molecule has 0 atom stereocenters. The number of aromatic nitrogens is 1. The van der Waals surface area contributed by atoms with Crippen LogP contribution >= 0.6 is 0 Å². The van der Waals surface area contributed by atoms with Crippen molar-refractivity contribution in [1.82, 2.24) is 4.98 Å². The maximum Gasteiger partial charge on any atom is 0.416 e. The number of rotatable bonds is 6. The normalized spacial score (nSPS) is 11.4. The highest BCUT2D eigenvalue weighted by molar-refractivity contribution is 6.04. The summed E-state index contributed by atoms with van der Waals surface area (Å²) in [7, 11) is 0. The van der Waals surface area contributed by atoms with Crippen LogP contribution in [0.3, 0.4) is 0 Å². The summed E-state index contributed by atoms with van der Waals surface area (Å²) in [5, 5.41) is 5.76. The van der Waals surface area contributed by atoms with Gasteiger partial charge in [-0.15, -0.1) is 0 Å². The average Bonchev–Trinajstić information content (AvgIpc) is 2.54. The molecule has 2 rings (SSSR count). The van der Waals surface area contributed by atoms with E-state index in [0.29, 0.717) is 11.5 Å². The SMILES string of the molecule is CC(C)CCNc1cncc(C(=O)Nc2ccc(C(F)(F)F)cc2)c1. The molecule has 0 bridgehead atoms. The molecular formula is C18H20F3N3O. The van der Waals surface area contributed by atoms with E-state index in [0.717, 1.165) is 30.8 Å². The fraction of sp³-hybridized carbons (Fsp3) is 0.333. The summed E-state index contributed by atoms with van der Waals surface area (Å²) in [5.74, 6) is 0.131. The van der Waals surface area contributed by atoms with Crippen LogP contribution in [0, 0.1) is 5.92 Å². The largest absolute Gasteiger partial charge is 0.416 e. The van der Waals surface area contributed by atoms with Gasteiger partial charge in [0, 0.05) is 24.6 Å². The molecule has 134 valence electrons. The van der Waals surface area contributed by atoms with Gasteiger partial charge >= 0.3 is 6.18 Å². The molecule has 1 heterocycles. The van der Waals surface area contributed by atoms with Crippen molar-refractivity contribution in [1.29, 1.82) is 0 Å². The maximum atomic E-state index is 12.5. The van der Waals surface area contributed by atoms with Gasteiger partial charge in [-0.05, 0) is 42.7 Å². The Morgan fingerprint density at radius 3 is 2.40 bits per heavy atom. The molecule has 0 unspecified atom stereocenters.